The maximum atomic E-state index is 12.1. The molecule has 27 heavy (non-hydrogen) atoms. The van der Waals surface area contributed by atoms with Gasteiger partial charge >= 0.3 is 5.97 Å². The highest BCUT2D eigenvalue weighted by Crippen LogP contribution is 2.27. The minimum absolute atomic E-state index is 0.0342. The number of hydrogen-bond donors (Lipinski definition) is 2. The summed E-state index contributed by atoms with van der Waals surface area (Å²) in [7, 11) is -3.84. The second-order valence-electron chi connectivity index (χ2n) is 6.60. The molecular weight excluding hydrogens is 370 g/mol. The predicted molar refractivity (Wildman–Crippen MR) is 96.9 cm³/mol. The quantitative estimate of drug-likeness (QED) is 0.670. The molecule has 1 fully saturated rings. The van der Waals surface area contributed by atoms with Gasteiger partial charge in [0.25, 0.3) is 5.91 Å². The van der Waals surface area contributed by atoms with Crippen LogP contribution in [0.1, 0.15) is 37.7 Å². The highest BCUT2D eigenvalue weighted by Gasteiger charge is 2.33. The number of nitriles is 1. The average Bonchev–Trinajstić information content (AvgIpc) is 2.66. The Morgan fingerprint density at radius 3 is 2.41 bits per heavy atom. The third kappa shape index (κ3) is 6.05. The molecule has 1 amide bonds. The van der Waals surface area contributed by atoms with Crippen LogP contribution in [-0.2, 0) is 24.3 Å². The van der Waals surface area contributed by atoms with Crippen molar-refractivity contribution < 1.29 is 22.7 Å². The fourth-order valence-electron chi connectivity index (χ4n) is 2.87. The lowest BCUT2D eigenvalue weighted by molar-refractivity contribution is -0.147. The number of aryl methyl sites for hydroxylation is 1. The van der Waals surface area contributed by atoms with E-state index in [9.17, 15) is 23.3 Å². The van der Waals surface area contributed by atoms with E-state index in [0.29, 0.717) is 12.8 Å². The molecule has 2 rings (SSSR count). The molecule has 0 bridgehead atoms. The molecule has 146 valence electrons. The van der Waals surface area contributed by atoms with Gasteiger partial charge in [-0.05, 0) is 31.9 Å². The van der Waals surface area contributed by atoms with Crippen molar-refractivity contribution in [1.82, 2.24) is 10.0 Å². The Bertz CT molecular complexity index is 822. The van der Waals surface area contributed by atoms with Gasteiger partial charge < -0.3 is 10.1 Å². The molecule has 8 nitrogen and oxygen atoms in total. The maximum absolute atomic E-state index is 12.1. The van der Waals surface area contributed by atoms with Gasteiger partial charge in [0.2, 0.25) is 10.0 Å². The van der Waals surface area contributed by atoms with Crippen molar-refractivity contribution in [2.75, 3.05) is 13.2 Å². The van der Waals surface area contributed by atoms with Crippen LogP contribution in [0.4, 0.5) is 0 Å². The van der Waals surface area contributed by atoms with Crippen molar-refractivity contribution >= 4 is 21.9 Å². The van der Waals surface area contributed by atoms with E-state index in [2.05, 4.69) is 16.1 Å². The lowest BCUT2D eigenvalue weighted by atomic mass is 9.83. The van der Waals surface area contributed by atoms with Crippen molar-refractivity contribution in [2.24, 2.45) is 0 Å². The average molecular weight is 393 g/mol. The second-order valence-corrected chi connectivity index (χ2v) is 8.37. The van der Waals surface area contributed by atoms with Crippen LogP contribution in [0, 0.1) is 18.3 Å². The molecule has 1 aliphatic rings. The number of nitrogens with one attached hydrogen (secondary N) is 2. The molecule has 9 heteroatoms. The first-order valence-electron chi connectivity index (χ1n) is 8.71. The van der Waals surface area contributed by atoms with Crippen LogP contribution in [0.2, 0.25) is 0 Å². The van der Waals surface area contributed by atoms with Crippen molar-refractivity contribution in [3.63, 3.8) is 0 Å². The summed E-state index contributed by atoms with van der Waals surface area (Å²) in [6.07, 6.45) is 3.87. The van der Waals surface area contributed by atoms with Gasteiger partial charge in [0.1, 0.15) is 12.1 Å². The lowest BCUT2D eigenvalue weighted by Gasteiger charge is -2.31. The highest BCUT2D eigenvalue weighted by atomic mass is 32.2. The first-order chi connectivity index (χ1) is 12.8. The van der Waals surface area contributed by atoms with E-state index in [1.165, 1.54) is 12.1 Å². The Morgan fingerprint density at radius 1 is 1.19 bits per heavy atom. The summed E-state index contributed by atoms with van der Waals surface area (Å²) in [5, 5.41) is 11.9. The van der Waals surface area contributed by atoms with Crippen molar-refractivity contribution in [3.05, 3.63) is 29.8 Å². The number of carbonyl (C=O) groups excluding carboxylic acids is 2. The Labute approximate surface area is 158 Å². The van der Waals surface area contributed by atoms with E-state index in [-0.39, 0.29) is 4.90 Å². The third-order valence-corrected chi connectivity index (χ3v) is 5.82. The van der Waals surface area contributed by atoms with Gasteiger partial charge in [0, 0.05) is 0 Å². The van der Waals surface area contributed by atoms with Crippen LogP contribution in [0.25, 0.3) is 0 Å². The molecule has 0 atom stereocenters. The van der Waals surface area contributed by atoms with Crippen LogP contribution >= 0.6 is 0 Å². The van der Waals surface area contributed by atoms with E-state index >= 15 is 0 Å². The van der Waals surface area contributed by atoms with Crippen LogP contribution in [0.5, 0.6) is 0 Å². The summed E-state index contributed by atoms with van der Waals surface area (Å²) >= 11 is 0. The number of rotatable bonds is 7. The highest BCUT2D eigenvalue weighted by molar-refractivity contribution is 7.89. The Balaban J connectivity index is 1.79. The summed E-state index contributed by atoms with van der Waals surface area (Å²) in [5.74, 6) is -1.45. The molecular formula is C18H23N3O5S. The van der Waals surface area contributed by atoms with Gasteiger partial charge in [0.15, 0.2) is 6.61 Å². The van der Waals surface area contributed by atoms with Gasteiger partial charge in [-0.25, -0.2) is 8.42 Å². The molecule has 0 saturated heterocycles. The van der Waals surface area contributed by atoms with Gasteiger partial charge in [-0.15, -0.1) is 0 Å². The van der Waals surface area contributed by atoms with E-state index in [4.69, 9.17) is 4.74 Å². The monoisotopic (exact) mass is 393 g/mol. The van der Waals surface area contributed by atoms with Crippen LogP contribution in [0.15, 0.2) is 29.2 Å². The zero-order chi connectivity index (χ0) is 19.9. The molecule has 1 aromatic carbocycles. The number of nitrogens with zero attached hydrogens (tertiary/aromatic N) is 1. The number of esters is 1. The molecule has 0 unspecified atom stereocenters. The van der Waals surface area contributed by atoms with E-state index < -0.39 is 40.6 Å². The van der Waals surface area contributed by atoms with E-state index in [1.54, 1.807) is 12.1 Å². The van der Waals surface area contributed by atoms with E-state index in [0.717, 1.165) is 24.8 Å². The molecule has 2 N–H and O–H groups in total. The summed E-state index contributed by atoms with van der Waals surface area (Å²) in [4.78, 5) is 23.7. The fraction of sp³-hybridized carbons (Fsp3) is 0.500. The number of carbonyl (C=O) groups is 2. The fourth-order valence-corrected chi connectivity index (χ4v) is 3.84. The topological polar surface area (TPSA) is 125 Å². The molecule has 0 heterocycles. The standard InChI is InChI=1S/C18H23N3O5S/c1-14-5-7-15(8-6-14)27(24,25)20-11-17(23)26-12-16(22)21-18(13-19)9-3-2-4-10-18/h5-8,20H,2-4,9-12H2,1H3,(H,21,22). The van der Waals surface area contributed by atoms with Crippen LogP contribution in [-0.4, -0.2) is 39.0 Å². The SMILES string of the molecule is Cc1ccc(S(=O)(=O)NCC(=O)OCC(=O)NC2(C#N)CCCCC2)cc1. The van der Waals surface area contributed by atoms with Crippen molar-refractivity contribution in [1.29, 1.82) is 5.26 Å². The van der Waals surface area contributed by atoms with Crippen LogP contribution in [0.3, 0.4) is 0 Å². The van der Waals surface area contributed by atoms with Crippen LogP contribution < -0.4 is 10.0 Å². The molecule has 1 saturated carbocycles. The normalized spacial score (nSPS) is 16.1. The van der Waals surface area contributed by atoms with Gasteiger partial charge in [0.05, 0.1) is 11.0 Å². The molecule has 0 spiro atoms. The maximum Gasteiger partial charge on any atom is 0.321 e. The predicted octanol–water partition coefficient (Wildman–Crippen LogP) is 1.16. The third-order valence-electron chi connectivity index (χ3n) is 4.40. The molecule has 1 aromatic rings. The largest absolute Gasteiger partial charge is 0.455 e. The first kappa shape index (κ1) is 20.9. The van der Waals surface area contributed by atoms with Crippen molar-refractivity contribution in [2.45, 2.75) is 49.5 Å². The van der Waals surface area contributed by atoms with Crippen molar-refractivity contribution in [3.8, 4) is 6.07 Å². The number of sulfonamides is 1. The molecule has 0 radical (unpaired) electrons. The van der Waals surface area contributed by atoms with Gasteiger partial charge in [-0.1, -0.05) is 37.0 Å². The summed E-state index contributed by atoms with van der Waals surface area (Å²) in [6.45, 7) is 0.678. The molecule has 0 aromatic heterocycles. The molecule has 1 aliphatic carbocycles. The van der Waals surface area contributed by atoms with Gasteiger partial charge in [-0.2, -0.15) is 9.98 Å². The Hall–Kier alpha value is -2.44. The number of ether oxygens (including phenoxy) is 1. The minimum atomic E-state index is -3.84. The zero-order valence-corrected chi connectivity index (χ0v) is 16.0. The number of amides is 1. The van der Waals surface area contributed by atoms with E-state index in [1.807, 2.05) is 6.92 Å². The summed E-state index contributed by atoms with van der Waals surface area (Å²) in [5.41, 5.74) is 0.00174. The first-order valence-corrected chi connectivity index (χ1v) is 10.2. The molecule has 0 aliphatic heterocycles. The Morgan fingerprint density at radius 2 is 1.81 bits per heavy atom. The second kappa shape index (κ2) is 8.97. The minimum Gasteiger partial charge on any atom is -0.455 e. The lowest BCUT2D eigenvalue weighted by Crippen LogP contribution is -2.50. The summed E-state index contributed by atoms with van der Waals surface area (Å²) in [6, 6.07) is 8.30. The Kier molecular flexibility index (Phi) is 6.93. The number of benzene rings is 1. The number of hydrogen-bond acceptors (Lipinski definition) is 6. The summed E-state index contributed by atoms with van der Waals surface area (Å²) < 4.78 is 31.1. The van der Waals surface area contributed by atoms with Gasteiger partial charge in [-0.3, -0.25) is 9.59 Å². The zero-order valence-electron chi connectivity index (χ0n) is 15.2. The smallest absolute Gasteiger partial charge is 0.321 e.